The molecule has 4 N–H and O–H groups in total. The van der Waals surface area contributed by atoms with Crippen LogP contribution in [0.5, 0.6) is 0 Å². The van der Waals surface area contributed by atoms with Gasteiger partial charge in [-0.2, -0.15) is 0 Å². The normalized spacial score (nSPS) is 14.4. The summed E-state index contributed by atoms with van der Waals surface area (Å²) >= 11 is 0. The van der Waals surface area contributed by atoms with Gasteiger partial charge in [-0.1, -0.05) is 13.3 Å². The number of hydrogen-bond donors (Lipinski definition) is 3. The molecule has 0 aliphatic carbocycles. The van der Waals surface area contributed by atoms with Crippen LogP contribution in [0.25, 0.3) is 0 Å². The van der Waals surface area contributed by atoms with Crippen molar-refractivity contribution in [3.8, 4) is 0 Å². The maximum Gasteiger partial charge on any atom is 0.151 e. The summed E-state index contributed by atoms with van der Waals surface area (Å²) in [5.74, 6) is -1.50. The van der Waals surface area contributed by atoms with E-state index in [0.29, 0.717) is 6.42 Å². The predicted octanol–water partition coefficient (Wildman–Crippen LogP) is 2.51. The molecule has 96 valence electrons. The van der Waals surface area contributed by atoms with E-state index < -0.39 is 17.2 Å². The number of nitrogen functional groups attached to an aromatic ring is 1. The molecule has 17 heavy (non-hydrogen) atoms. The van der Waals surface area contributed by atoms with Gasteiger partial charge >= 0.3 is 0 Å². The van der Waals surface area contributed by atoms with Crippen LogP contribution >= 0.6 is 0 Å². The first kappa shape index (κ1) is 13.7. The van der Waals surface area contributed by atoms with E-state index in [2.05, 4.69) is 5.32 Å². The summed E-state index contributed by atoms with van der Waals surface area (Å²) in [6.45, 7) is 3.80. The molecule has 0 aliphatic heterocycles. The van der Waals surface area contributed by atoms with E-state index in [-0.39, 0.29) is 17.9 Å². The molecule has 0 aromatic heterocycles. The standard InChI is InChI=1S/C12H18F2N2O/c1-3-4-12(2,17)7-16-10-6-8(13)5-9(14)11(10)15/h5-6,16-17H,3-4,7,15H2,1-2H3. The van der Waals surface area contributed by atoms with Crippen LogP contribution < -0.4 is 11.1 Å². The molecule has 1 aromatic rings. The van der Waals surface area contributed by atoms with Gasteiger partial charge in [0.25, 0.3) is 0 Å². The highest BCUT2D eigenvalue weighted by atomic mass is 19.1. The Morgan fingerprint density at radius 2 is 2.06 bits per heavy atom. The van der Waals surface area contributed by atoms with Gasteiger partial charge in [-0.15, -0.1) is 0 Å². The van der Waals surface area contributed by atoms with Crippen LogP contribution in [-0.4, -0.2) is 17.3 Å². The second kappa shape index (κ2) is 5.31. The number of nitrogens with two attached hydrogens (primary N) is 1. The van der Waals surface area contributed by atoms with Gasteiger partial charge in [-0.3, -0.25) is 0 Å². The van der Waals surface area contributed by atoms with Crippen molar-refractivity contribution in [1.29, 1.82) is 0 Å². The van der Waals surface area contributed by atoms with E-state index in [4.69, 9.17) is 5.73 Å². The molecule has 1 rings (SSSR count). The Hall–Kier alpha value is -1.36. The van der Waals surface area contributed by atoms with Crippen LogP contribution in [0.4, 0.5) is 20.2 Å². The molecule has 0 radical (unpaired) electrons. The third-order valence-electron chi connectivity index (χ3n) is 2.54. The highest BCUT2D eigenvalue weighted by Gasteiger charge is 2.19. The molecule has 5 heteroatoms. The lowest BCUT2D eigenvalue weighted by Crippen LogP contribution is -2.33. The van der Waals surface area contributed by atoms with Crippen molar-refractivity contribution < 1.29 is 13.9 Å². The monoisotopic (exact) mass is 244 g/mol. The maximum atomic E-state index is 13.1. The van der Waals surface area contributed by atoms with Gasteiger partial charge in [0.1, 0.15) is 5.82 Å². The first-order chi connectivity index (χ1) is 7.85. The summed E-state index contributed by atoms with van der Waals surface area (Å²) < 4.78 is 26.1. The Morgan fingerprint density at radius 3 is 2.65 bits per heavy atom. The van der Waals surface area contributed by atoms with Crippen LogP contribution in [-0.2, 0) is 0 Å². The van der Waals surface area contributed by atoms with E-state index in [0.717, 1.165) is 18.6 Å². The van der Waals surface area contributed by atoms with Crippen molar-refractivity contribution in [2.24, 2.45) is 0 Å². The van der Waals surface area contributed by atoms with Crippen LogP contribution in [0, 0.1) is 11.6 Å². The maximum absolute atomic E-state index is 13.1. The Kier molecular flexibility index (Phi) is 4.28. The fourth-order valence-electron chi connectivity index (χ4n) is 1.64. The van der Waals surface area contributed by atoms with Gasteiger partial charge < -0.3 is 16.2 Å². The molecule has 0 bridgehead atoms. The third-order valence-corrected chi connectivity index (χ3v) is 2.54. The number of halogens is 2. The quantitative estimate of drug-likeness (QED) is 0.697. The largest absolute Gasteiger partial charge is 0.395 e. The van der Waals surface area contributed by atoms with Crippen LogP contribution in [0.3, 0.4) is 0 Å². The topological polar surface area (TPSA) is 58.3 Å². The minimum atomic E-state index is -0.927. The summed E-state index contributed by atoms with van der Waals surface area (Å²) in [7, 11) is 0. The second-order valence-corrected chi connectivity index (χ2v) is 4.45. The van der Waals surface area contributed by atoms with Crippen molar-refractivity contribution in [2.45, 2.75) is 32.3 Å². The minimum absolute atomic E-state index is 0.140. The zero-order valence-corrected chi connectivity index (χ0v) is 10.1. The van der Waals surface area contributed by atoms with E-state index in [1.807, 2.05) is 6.92 Å². The Labute approximate surface area is 99.6 Å². The zero-order valence-electron chi connectivity index (χ0n) is 10.1. The van der Waals surface area contributed by atoms with Gasteiger partial charge in [0, 0.05) is 12.6 Å². The lowest BCUT2D eigenvalue weighted by molar-refractivity contribution is 0.0637. The number of nitrogens with one attached hydrogen (secondary N) is 1. The van der Waals surface area contributed by atoms with Gasteiger partial charge in [-0.25, -0.2) is 8.78 Å². The van der Waals surface area contributed by atoms with Crippen molar-refractivity contribution in [1.82, 2.24) is 0 Å². The number of anilines is 2. The fraction of sp³-hybridized carbons (Fsp3) is 0.500. The number of aliphatic hydroxyl groups is 1. The van der Waals surface area contributed by atoms with Gasteiger partial charge in [0.2, 0.25) is 0 Å². The smallest absolute Gasteiger partial charge is 0.151 e. The zero-order chi connectivity index (χ0) is 13.1. The molecule has 0 heterocycles. The van der Waals surface area contributed by atoms with Crippen LogP contribution in [0.15, 0.2) is 12.1 Å². The highest BCUT2D eigenvalue weighted by Crippen LogP contribution is 2.24. The van der Waals surface area contributed by atoms with Crippen molar-refractivity contribution in [2.75, 3.05) is 17.6 Å². The van der Waals surface area contributed by atoms with Gasteiger partial charge in [0.15, 0.2) is 5.82 Å². The summed E-state index contributed by atoms with van der Waals surface area (Å²) in [6, 6.07) is 1.84. The summed E-state index contributed by atoms with van der Waals surface area (Å²) in [4.78, 5) is 0. The van der Waals surface area contributed by atoms with Crippen LogP contribution in [0.1, 0.15) is 26.7 Å². The van der Waals surface area contributed by atoms with Gasteiger partial charge in [-0.05, 0) is 19.4 Å². The molecule has 0 amide bonds. The van der Waals surface area contributed by atoms with Gasteiger partial charge in [0.05, 0.1) is 17.0 Å². The average molecular weight is 244 g/mol. The number of hydrogen-bond acceptors (Lipinski definition) is 3. The van der Waals surface area contributed by atoms with Crippen molar-refractivity contribution >= 4 is 11.4 Å². The van der Waals surface area contributed by atoms with E-state index in [9.17, 15) is 13.9 Å². The highest BCUT2D eigenvalue weighted by molar-refractivity contribution is 5.66. The summed E-state index contributed by atoms with van der Waals surface area (Å²) in [5, 5.41) is 12.7. The molecule has 1 atom stereocenters. The predicted molar refractivity (Wildman–Crippen MR) is 64.8 cm³/mol. The minimum Gasteiger partial charge on any atom is -0.395 e. The van der Waals surface area contributed by atoms with Crippen LogP contribution in [0.2, 0.25) is 0 Å². The lowest BCUT2D eigenvalue weighted by atomic mass is 10.0. The Balaban J connectivity index is 2.76. The van der Waals surface area contributed by atoms with Crippen molar-refractivity contribution in [3.63, 3.8) is 0 Å². The van der Waals surface area contributed by atoms with E-state index in [1.165, 1.54) is 0 Å². The third kappa shape index (κ3) is 3.85. The summed E-state index contributed by atoms with van der Waals surface area (Å²) in [5.41, 5.74) is 4.57. The SMILES string of the molecule is CCCC(C)(O)CNc1cc(F)cc(F)c1N. The first-order valence-electron chi connectivity index (χ1n) is 5.56. The summed E-state index contributed by atoms with van der Waals surface area (Å²) in [6.07, 6.45) is 1.42. The molecule has 0 saturated carbocycles. The molecule has 0 spiro atoms. The molecule has 1 aromatic carbocycles. The molecule has 0 aliphatic rings. The van der Waals surface area contributed by atoms with E-state index >= 15 is 0 Å². The molecule has 3 nitrogen and oxygen atoms in total. The number of benzene rings is 1. The lowest BCUT2D eigenvalue weighted by Gasteiger charge is -2.24. The Morgan fingerprint density at radius 1 is 1.41 bits per heavy atom. The second-order valence-electron chi connectivity index (χ2n) is 4.45. The molecular weight excluding hydrogens is 226 g/mol. The number of rotatable bonds is 5. The fourth-order valence-corrected chi connectivity index (χ4v) is 1.64. The molecular formula is C12H18F2N2O. The van der Waals surface area contributed by atoms with Crippen molar-refractivity contribution in [3.05, 3.63) is 23.8 Å². The molecule has 1 unspecified atom stereocenters. The molecule has 0 saturated heterocycles. The Bertz CT molecular complexity index is 394. The molecule has 0 fully saturated rings. The first-order valence-corrected chi connectivity index (χ1v) is 5.56. The average Bonchev–Trinajstić information content (AvgIpc) is 2.21. The van der Waals surface area contributed by atoms with E-state index in [1.54, 1.807) is 6.92 Å².